The van der Waals surface area contributed by atoms with Crippen molar-refractivity contribution in [2.45, 2.75) is 39.1 Å². The molecular weight excluding hydrogens is 337 g/mol. The maximum atomic E-state index is 12.4. The number of hydrogen-bond donors (Lipinski definition) is 1. The van der Waals surface area contributed by atoms with Crippen molar-refractivity contribution in [2.75, 3.05) is 13.1 Å². The van der Waals surface area contributed by atoms with Crippen LogP contribution in [0.15, 0.2) is 24.3 Å². The van der Waals surface area contributed by atoms with E-state index in [1.165, 1.54) is 31.2 Å². The van der Waals surface area contributed by atoms with Crippen LogP contribution in [0.4, 0.5) is 13.2 Å². The molecule has 0 aromatic heterocycles. The molecule has 8 heteroatoms. The van der Waals surface area contributed by atoms with E-state index in [0.717, 1.165) is 6.42 Å². The monoisotopic (exact) mass is 358 g/mol. The number of carbonyl (C=O) groups is 2. The van der Waals surface area contributed by atoms with E-state index >= 15 is 0 Å². The zero-order valence-corrected chi connectivity index (χ0v) is 14.1. The molecule has 2 rings (SSSR count). The molecule has 0 spiro atoms. The number of nitrogens with zero attached hydrogens (tertiary/aromatic N) is 1. The van der Waals surface area contributed by atoms with Crippen molar-refractivity contribution < 1.29 is 27.5 Å². The molecule has 0 aliphatic carbocycles. The Labute approximate surface area is 144 Å². The Bertz CT molecular complexity index is 617. The van der Waals surface area contributed by atoms with E-state index < -0.39 is 6.36 Å². The van der Waals surface area contributed by atoms with E-state index in [0.29, 0.717) is 25.1 Å². The lowest BCUT2D eigenvalue weighted by atomic mass is 9.96. The van der Waals surface area contributed by atoms with Gasteiger partial charge in [0.1, 0.15) is 5.75 Å². The Balaban J connectivity index is 1.93. The Morgan fingerprint density at radius 1 is 1.28 bits per heavy atom. The SMILES string of the molecule is CC(=O)N1CCC[C@H](C(=O)N[C@@H](C)c2ccc(OC(F)(F)F)cc2)C1. The Morgan fingerprint density at radius 2 is 1.92 bits per heavy atom. The molecule has 2 atom stereocenters. The van der Waals surface area contributed by atoms with Crippen LogP contribution >= 0.6 is 0 Å². The fraction of sp³-hybridized carbons (Fsp3) is 0.529. The summed E-state index contributed by atoms with van der Waals surface area (Å²) in [6.07, 6.45) is -3.25. The maximum Gasteiger partial charge on any atom is 0.573 e. The summed E-state index contributed by atoms with van der Waals surface area (Å²) in [5.41, 5.74) is 0.669. The summed E-state index contributed by atoms with van der Waals surface area (Å²) >= 11 is 0. The summed E-state index contributed by atoms with van der Waals surface area (Å²) in [5, 5.41) is 2.85. The van der Waals surface area contributed by atoms with E-state index in [2.05, 4.69) is 10.1 Å². The number of benzene rings is 1. The summed E-state index contributed by atoms with van der Waals surface area (Å²) in [4.78, 5) is 25.5. The van der Waals surface area contributed by atoms with E-state index in [1.807, 2.05) is 0 Å². The second-order valence-electron chi connectivity index (χ2n) is 6.15. The van der Waals surface area contributed by atoms with Gasteiger partial charge in [-0.3, -0.25) is 9.59 Å². The van der Waals surface area contributed by atoms with Gasteiger partial charge >= 0.3 is 6.36 Å². The normalized spacial score (nSPS) is 19.2. The van der Waals surface area contributed by atoms with Crippen LogP contribution in [-0.4, -0.2) is 36.2 Å². The van der Waals surface area contributed by atoms with Crippen molar-refractivity contribution in [1.82, 2.24) is 10.2 Å². The van der Waals surface area contributed by atoms with Gasteiger partial charge in [-0.2, -0.15) is 0 Å². The molecule has 1 heterocycles. The van der Waals surface area contributed by atoms with Crippen molar-refractivity contribution in [3.05, 3.63) is 29.8 Å². The second kappa shape index (κ2) is 7.76. The molecule has 1 aromatic carbocycles. The van der Waals surface area contributed by atoms with Crippen LogP contribution in [-0.2, 0) is 9.59 Å². The molecule has 1 saturated heterocycles. The van der Waals surface area contributed by atoms with Crippen LogP contribution in [0.25, 0.3) is 0 Å². The molecule has 1 aromatic rings. The summed E-state index contributed by atoms with van der Waals surface area (Å²) in [5.74, 6) is -0.785. The summed E-state index contributed by atoms with van der Waals surface area (Å²) in [6, 6.07) is 5.02. The molecule has 5 nitrogen and oxygen atoms in total. The van der Waals surface area contributed by atoms with Crippen LogP contribution in [0.1, 0.15) is 38.3 Å². The minimum atomic E-state index is -4.73. The third-order valence-electron chi connectivity index (χ3n) is 4.21. The molecule has 1 N–H and O–H groups in total. The van der Waals surface area contributed by atoms with Gasteiger partial charge in [0.25, 0.3) is 0 Å². The molecule has 138 valence electrons. The Hall–Kier alpha value is -2.25. The lowest BCUT2D eigenvalue weighted by Crippen LogP contribution is -2.45. The topological polar surface area (TPSA) is 58.6 Å². The Kier molecular flexibility index (Phi) is 5.92. The van der Waals surface area contributed by atoms with Crippen molar-refractivity contribution in [1.29, 1.82) is 0 Å². The van der Waals surface area contributed by atoms with E-state index in [9.17, 15) is 22.8 Å². The quantitative estimate of drug-likeness (QED) is 0.900. The molecule has 1 fully saturated rings. The molecule has 0 saturated carbocycles. The highest BCUT2D eigenvalue weighted by molar-refractivity contribution is 5.81. The first-order valence-electron chi connectivity index (χ1n) is 8.07. The number of piperidine rings is 1. The largest absolute Gasteiger partial charge is 0.573 e. The number of ether oxygens (including phenoxy) is 1. The van der Waals surface area contributed by atoms with E-state index in [-0.39, 0.29) is 29.5 Å². The van der Waals surface area contributed by atoms with Crippen LogP contribution in [0, 0.1) is 5.92 Å². The lowest BCUT2D eigenvalue weighted by molar-refractivity contribution is -0.274. The smallest absolute Gasteiger partial charge is 0.406 e. The molecular formula is C17H21F3N2O3. The number of nitrogens with one attached hydrogen (secondary N) is 1. The molecule has 0 radical (unpaired) electrons. The zero-order valence-electron chi connectivity index (χ0n) is 14.1. The Morgan fingerprint density at radius 3 is 2.48 bits per heavy atom. The highest BCUT2D eigenvalue weighted by atomic mass is 19.4. The summed E-state index contributed by atoms with van der Waals surface area (Å²) < 4.78 is 40.3. The molecule has 1 aliphatic heterocycles. The van der Waals surface area contributed by atoms with Gasteiger partial charge in [-0.15, -0.1) is 13.2 Å². The highest BCUT2D eigenvalue weighted by Gasteiger charge is 2.31. The van der Waals surface area contributed by atoms with Crippen LogP contribution in [0.2, 0.25) is 0 Å². The number of halogens is 3. The molecule has 0 bridgehead atoms. The molecule has 1 aliphatic rings. The minimum Gasteiger partial charge on any atom is -0.406 e. The average Bonchev–Trinajstić information content (AvgIpc) is 2.54. The first kappa shape index (κ1) is 19.1. The first-order chi connectivity index (χ1) is 11.7. The van der Waals surface area contributed by atoms with Crippen molar-refractivity contribution in [2.24, 2.45) is 5.92 Å². The average molecular weight is 358 g/mol. The second-order valence-corrected chi connectivity index (χ2v) is 6.15. The predicted molar refractivity (Wildman–Crippen MR) is 84.7 cm³/mol. The van der Waals surface area contributed by atoms with Gasteiger partial charge in [0.05, 0.1) is 12.0 Å². The number of alkyl halides is 3. The number of amides is 2. The van der Waals surface area contributed by atoms with E-state index in [4.69, 9.17) is 0 Å². The van der Waals surface area contributed by atoms with E-state index in [1.54, 1.807) is 11.8 Å². The van der Waals surface area contributed by atoms with Crippen molar-refractivity contribution in [3.8, 4) is 5.75 Å². The van der Waals surface area contributed by atoms with Gasteiger partial charge in [-0.25, -0.2) is 0 Å². The predicted octanol–water partition coefficient (Wildman–Crippen LogP) is 3.02. The number of carbonyl (C=O) groups excluding carboxylic acids is 2. The summed E-state index contributed by atoms with van der Waals surface area (Å²) in [7, 11) is 0. The van der Waals surface area contributed by atoms with Gasteiger partial charge in [-0.05, 0) is 37.5 Å². The first-order valence-corrected chi connectivity index (χ1v) is 8.07. The lowest BCUT2D eigenvalue weighted by Gasteiger charge is -2.32. The number of rotatable bonds is 4. The van der Waals surface area contributed by atoms with Gasteiger partial charge in [0, 0.05) is 20.0 Å². The number of hydrogen-bond acceptors (Lipinski definition) is 3. The van der Waals surface area contributed by atoms with Crippen molar-refractivity contribution in [3.63, 3.8) is 0 Å². The van der Waals surface area contributed by atoms with Gasteiger partial charge in [0.15, 0.2) is 0 Å². The zero-order chi connectivity index (χ0) is 18.6. The highest BCUT2D eigenvalue weighted by Crippen LogP contribution is 2.25. The fourth-order valence-electron chi connectivity index (χ4n) is 2.85. The third kappa shape index (κ3) is 5.65. The van der Waals surface area contributed by atoms with Gasteiger partial charge in [0.2, 0.25) is 11.8 Å². The third-order valence-corrected chi connectivity index (χ3v) is 4.21. The number of likely N-dealkylation sites (tertiary alicyclic amines) is 1. The summed E-state index contributed by atoms with van der Waals surface area (Å²) in [6.45, 7) is 4.29. The molecule has 25 heavy (non-hydrogen) atoms. The van der Waals surface area contributed by atoms with Gasteiger partial charge in [-0.1, -0.05) is 12.1 Å². The fourth-order valence-corrected chi connectivity index (χ4v) is 2.85. The van der Waals surface area contributed by atoms with Crippen LogP contribution in [0.5, 0.6) is 5.75 Å². The standard InChI is InChI=1S/C17H21F3N2O3/c1-11(13-5-7-15(8-6-13)25-17(18,19)20)21-16(24)14-4-3-9-22(10-14)12(2)23/h5-8,11,14H,3-4,9-10H2,1-2H3,(H,21,24)/t11-,14-/m0/s1. The van der Waals surface area contributed by atoms with Crippen LogP contribution < -0.4 is 10.1 Å². The molecule has 0 unspecified atom stereocenters. The van der Waals surface area contributed by atoms with Gasteiger partial charge < -0.3 is 15.0 Å². The minimum absolute atomic E-state index is 0.0502. The maximum absolute atomic E-state index is 12.4. The van der Waals surface area contributed by atoms with Crippen LogP contribution in [0.3, 0.4) is 0 Å². The van der Waals surface area contributed by atoms with Crippen molar-refractivity contribution >= 4 is 11.8 Å². The molecule has 2 amide bonds.